The van der Waals surface area contributed by atoms with Crippen LogP contribution in [0.4, 0.5) is 15.3 Å². The number of piperidine rings is 1. The summed E-state index contributed by atoms with van der Waals surface area (Å²) >= 11 is 0. The molecule has 8 rings (SSSR count). The third-order valence-electron chi connectivity index (χ3n) is 13.0. The Kier molecular flexibility index (Phi) is 11.1. The number of fused-ring (bicyclic) bond motifs is 4. The quantitative estimate of drug-likeness (QED) is 0.343. The van der Waals surface area contributed by atoms with Crippen molar-refractivity contribution in [3.05, 3.63) is 70.8 Å². The maximum absolute atomic E-state index is 14.7. The van der Waals surface area contributed by atoms with E-state index in [1.165, 1.54) is 21.6 Å². The van der Waals surface area contributed by atoms with Crippen molar-refractivity contribution in [3.63, 3.8) is 0 Å². The summed E-state index contributed by atoms with van der Waals surface area (Å²) in [7, 11) is -1.79. The van der Waals surface area contributed by atoms with E-state index in [4.69, 9.17) is 14.2 Å². The van der Waals surface area contributed by atoms with E-state index in [0.29, 0.717) is 49.3 Å². The lowest BCUT2D eigenvalue weighted by atomic mass is 9.68. The van der Waals surface area contributed by atoms with Crippen LogP contribution in [0.5, 0.6) is 5.75 Å². The predicted molar refractivity (Wildman–Crippen MR) is 215 cm³/mol. The Hall–Kier alpha value is -4.10. The Morgan fingerprint density at radius 1 is 1.02 bits per heavy atom. The first-order valence-corrected chi connectivity index (χ1v) is 22.3. The molecule has 4 amide bonds. The molecule has 2 saturated heterocycles. The Morgan fingerprint density at radius 3 is 2.61 bits per heavy atom. The number of amides is 4. The number of carbonyl (C=O) groups excluding carboxylic acids is 3. The molecule has 1 spiro atoms. The standard InChI is InChI=1S/C43H57N5O7S/c1-29-12-16-36-31(21-29)10-8-18-43(36)27-48-23-33-13-15-35(33)38(53-3)11-7-9-30(2)26-56(52,44-40(49)32-14-17-39(54-28-43)37(48)22-32)45-41(50)47-24-34(25-47)55-42(51)46-19-5-4-6-20-46/h7,11-12,14,16-17,21-22,30,33-35,38H,4-6,8-10,13,15,18-20,23-28H2,1-3H3,(H,44,45,49,50,52)/b11-7+/t30-,33-,35+,38-,43-,56?/m0/s1. The summed E-state index contributed by atoms with van der Waals surface area (Å²) in [6.45, 7) is 7.89. The van der Waals surface area contributed by atoms with Crippen LogP contribution in [-0.4, -0.2) is 103 Å². The van der Waals surface area contributed by atoms with E-state index in [-0.39, 0.29) is 42.4 Å². The highest BCUT2D eigenvalue weighted by atomic mass is 32.2. The second kappa shape index (κ2) is 16.0. The van der Waals surface area contributed by atoms with Crippen molar-refractivity contribution in [1.29, 1.82) is 0 Å². The number of carbonyl (C=O) groups is 3. The Balaban J connectivity index is 1.08. The molecule has 0 radical (unpaired) electrons. The number of methoxy groups -OCH3 is 1. The topological polar surface area (TPSA) is 130 Å². The molecule has 4 heterocycles. The van der Waals surface area contributed by atoms with Gasteiger partial charge in [-0.1, -0.05) is 42.8 Å². The zero-order chi connectivity index (χ0) is 39.0. The first-order chi connectivity index (χ1) is 27.0. The minimum atomic E-state index is -3.56. The van der Waals surface area contributed by atoms with Crippen molar-refractivity contribution in [2.24, 2.45) is 22.1 Å². The maximum Gasteiger partial charge on any atom is 0.410 e. The first-order valence-electron chi connectivity index (χ1n) is 20.6. The highest BCUT2D eigenvalue weighted by Gasteiger charge is 2.44. The molecule has 3 fully saturated rings. The third kappa shape index (κ3) is 8.03. The molecule has 1 N–H and O–H groups in total. The predicted octanol–water partition coefficient (Wildman–Crippen LogP) is 6.64. The van der Waals surface area contributed by atoms with E-state index in [2.05, 4.69) is 51.3 Å². The van der Waals surface area contributed by atoms with Gasteiger partial charge in [-0.15, -0.1) is 4.36 Å². The summed E-state index contributed by atoms with van der Waals surface area (Å²) < 4.78 is 40.0. The number of nitrogens with one attached hydrogen (secondary N) is 1. The van der Waals surface area contributed by atoms with Gasteiger partial charge < -0.3 is 28.9 Å². The Bertz CT molecular complexity index is 1980. The molecule has 2 aliphatic carbocycles. The number of nitrogens with zero attached hydrogens (tertiary/aromatic N) is 4. The molecule has 2 aromatic rings. The molecule has 1 unspecified atom stereocenters. The van der Waals surface area contributed by atoms with Crippen LogP contribution in [0.1, 0.15) is 85.3 Å². The van der Waals surface area contributed by atoms with Gasteiger partial charge in [-0.2, -0.15) is 0 Å². The van der Waals surface area contributed by atoms with E-state index in [9.17, 15) is 18.6 Å². The smallest absolute Gasteiger partial charge is 0.410 e. The van der Waals surface area contributed by atoms with E-state index in [1.54, 1.807) is 18.1 Å². The maximum atomic E-state index is 14.7. The van der Waals surface area contributed by atoms with Crippen molar-refractivity contribution >= 4 is 33.6 Å². The van der Waals surface area contributed by atoms with Crippen molar-refractivity contribution in [2.75, 3.05) is 63.6 Å². The monoisotopic (exact) mass is 787 g/mol. The molecule has 302 valence electrons. The van der Waals surface area contributed by atoms with Gasteiger partial charge in [0.1, 0.15) is 21.8 Å². The number of rotatable bonds is 3. The second-order valence-corrected chi connectivity index (χ2v) is 19.2. The normalized spacial score (nSPS) is 31.3. The minimum absolute atomic E-state index is 0.0126. The average Bonchev–Trinajstić information content (AvgIpc) is 3.30. The van der Waals surface area contributed by atoms with Crippen molar-refractivity contribution in [2.45, 2.75) is 89.3 Å². The van der Waals surface area contributed by atoms with Crippen LogP contribution in [-0.2, 0) is 31.2 Å². The zero-order valence-corrected chi connectivity index (χ0v) is 33.9. The number of hydrogen-bond acceptors (Lipinski definition) is 8. The zero-order valence-electron chi connectivity index (χ0n) is 33.1. The van der Waals surface area contributed by atoms with Crippen LogP contribution in [0, 0.1) is 24.7 Å². The van der Waals surface area contributed by atoms with Crippen LogP contribution in [0.25, 0.3) is 0 Å². The molecule has 0 aromatic heterocycles. The van der Waals surface area contributed by atoms with Crippen LogP contribution in [0.2, 0.25) is 0 Å². The molecular weight excluding hydrogens is 731 g/mol. The molecule has 6 aliphatic rings. The first kappa shape index (κ1) is 38.8. The van der Waals surface area contributed by atoms with E-state index < -0.39 is 28.0 Å². The SMILES string of the molecule is CO[C@H]1/C=C/C[C@H](C)CS(=O)(NC(=O)N2CC(OC(=O)N3CCCCC3)C2)=NC(=O)c2ccc3c(c2)N(C[C@@H]2CC[C@H]21)C[C@@]1(CCCc2cc(C)ccc21)CO3. The van der Waals surface area contributed by atoms with Gasteiger partial charge >= 0.3 is 12.1 Å². The van der Waals surface area contributed by atoms with Gasteiger partial charge in [0, 0.05) is 44.3 Å². The lowest BCUT2D eigenvalue weighted by molar-refractivity contribution is -0.00967. The highest BCUT2D eigenvalue weighted by molar-refractivity contribution is 7.92. The Morgan fingerprint density at radius 2 is 1.84 bits per heavy atom. The summed E-state index contributed by atoms with van der Waals surface area (Å²) in [6.07, 6.45) is 12.3. The molecule has 4 aliphatic heterocycles. The number of likely N-dealkylation sites (tertiary alicyclic amines) is 2. The fourth-order valence-electron chi connectivity index (χ4n) is 9.70. The fraction of sp³-hybridized carbons (Fsp3) is 0.605. The van der Waals surface area contributed by atoms with E-state index in [1.807, 2.05) is 19.1 Å². The summed E-state index contributed by atoms with van der Waals surface area (Å²) in [6, 6.07) is 11.6. The molecule has 6 atom stereocenters. The third-order valence-corrected chi connectivity index (χ3v) is 14.9. The summed E-state index contributed by atoms with van der Waals surface area (Å²) in [5.41, 5.74) is 4.91. The van der Waals surface area contributed by atoms with Gasteiger partial charge in [0.25, 0.3) is 5.91 Å². The van der Waals surface area contributed by atoms with Gasteiger partial charge in [-0.25, -0.2) is 13.8 Å². The second-order valence-electron chi connectivity index (χ2n) is 17.2. The largest absolute Gasteiger partial charge is 0.490 e. The van der Waals surface area contributed by atoms with Crippen molar-refractivity contribution in [1.82, 2.24) is 14.5 Å². The highest BCUT2D eigenvalue weighted by Crippen LogP contribution is 2.47. The lowest BCUT2D eigenvalue weighted by Crippen LogP contribution is -2.59. The van der Waals surface area contributed by atoms with Crippen molar-refractivity contribution < 1.29 is 32.8 Å². The van der Waals surface area contributed by atoms with Crippen molar-refractivity contribution in [3.8, 4) is 5.75 Å². The summed E-state index contributed by atoms with van der Waals surface area (Å²) in [5.74, 6) is 0.624. The number of anilines is 1. The van der Waals surface area contributed by atoms with Crippen LogP contribution >= 0.6 is 0 Å². The average molecular weight is 788 g/mol. The summed E-state index contributed by atoms with van der Waals surface area (Å²) in [4.78, 5) is 45.8. The molecule has 1 saturated carbocycles. The Labute approximate surface area is 331 Å². The number of hydrogen-bond donors (Lipinski definition) is 1. The molecule has 12 nitrogen and oxygen atoms in total. The van der Waals surface area contributed by atoms with Gasteiger partial charge in [0.15, 0.2) is 0 Å². The lowest BCUT2D eigenvalue weighted by Gasteiger charge is -2.46. The number of benzene rings is 2. The van der Waals surface area contributed by atoms with Gasteiger partial charge in [-0.05, 0) is 112 Å². The molecular formula is C43H57N5O7S. The molecule has 13 heteroatoms. The van der Waals surface area contributed by atoms with Crippen LogP contribution in [0.3, 0.4) is 0 Å². The van der Waals surface area contributed by atoms with Crippen LogP contribution in [0.15, 0.2) is 52.9 Å². The molecule has 2 aromatic carbocycles. The minimum Gasteiger partial charge on any atom is -0.490 e. The van der Waals surface area contributed by atoms with Crippen LogP contribution < -0.4 is 14.4 Å². The number of urea groups is 1. The number of aryl methyl sites for hydroxylation is 2. The fourth-order valence-corrected chi connectivity index (χ4v) is 11.6. The van der Waals surface area contributed by atoms with Gasteiger partial charge in [0.2, 0.25) is 0 Å². The van der Waals surface area contributed by atoms with E-state index >= 15 is 0 Å². The van der Waals surface area contributed by atoms with Gasteiger partial charge in [-0.3, -0.25) is 9.52 Å². The molecule has 56 heavy (non-hydrogen) atoms. The summed E-state index contributed by atoms with van der Waals surface area (Å²) in [5, 5.41) is 0. The van der Waals surface area contributed by atoms with Gasteiger partial charge in [0.05, 0.1) is 37.2 Å². The molecule has 2 bridgehead atoms. The number of allylic oxidation sites excluding steroid dienone is 1. The van der Waals surface area contributed by atoms with E-state index in [0.717, 1.165) is 70.1 Å². The number of ether oxygens (including phenoxy) is 3.